The molecule has 2 N–H and O–H groups in total. The maximum absolute atomic E-state index is 11.7. The van der Waals surface area contributed by atoms with Crippen LogP contribution in [-0.2, 0) is 14.8 Å². The third kappa shape index (κ3) is 3.55. The molecule has 9 heteroatoms. The number of halogens is 1. The highest BCUT2D eigenvalue weighted by atomic mass is 35.5. The van der Waals surface area contributed by atoms with E-state index in [1.165, 1.54) is 0 Å². The predicted octanol–water partition coefficient (Wildman–Crippen LogP) is 1.50. The molecule has 7 nitrogen and oxygen atoms in total. The van der Waals surface area contributed by atoms with Crippen LogP contribution < -0.4 is 4.72 Å². The summed E-state index contributed by atoms with van der Waals surface area (Å²) in [5, 5.41) is 8.40. The van der Waals surface area contributed by atoms with Crippen LogP contribution >= 0.6 is 11.6 Å². The minimum atomic E-state index is -3.84. The van der Waals surface area contributed by atoms with Gasteiger partial charge in [-0.1, -0.05) is 23.7 Å². The molecule has 106 valence electrons. The molecule has 0 fully saturated rings. The van der Waals surface area contributed by atoms with E-state index in [1.54, 1.807) is 24.3 Å². The number of aliphatic carboxylic acids is 1. The van der Waals surface area contributed by atoms with Crippen molar-refractivity contribution in [3.63, 3.8) is 0 Å². The molecule has 0 spiro atoms. The summed E-state index contributed by atoms with van der Waals surface area (Å²) in [5.74, 6) is -1.88. The number of carbonyl (C=O) groups is 1. The summed E-state index contributed by atoms with van der Waals surface area (Å²) in [4.78, 5) is 18.5. The Labute approximate surface area is 119 Å². The van der Waals surface area contributed by atoms with Gasteiger partial charge in [0.15, 0.2) is 11.0 Å². The molecule has 0 saturated heterocycles. The third-order valence-electron chi connectivity index (χ3n) is 2.36. The van der Waals surface area contributed by atoms with Crippen LogP contribution in [0.25, 0.3) is 11.0 Å². The number of nitrogens with one attached hydrogen (secondary N) is 1. The number of fused-ring (bicyclic) bond motifs is 1. The first-order chi connectivity index (χ1) is 9.37. The van der Waals surface area contributed by atoms with Gasteiger partial charge in [0.1, 0.15) is 0 Å². The van der Waals surface area contributed by atoms with Crippen LogP contribution in [0.3, 0.4) is 0 Å². The Balaban J connectivity index is 2.29. The zero-order valence-corrected chi connectivity index (χ0v) is 11.6. The second kappa shape index (κ2) is 5.59. The lowest BCUT2D eigenvalue weighted by molar-refractivity contribution is -0.136. The lowest BCUT2D eigenvalue weighted by Gasteiger charge is -2.08. The Morgan fingerprint density at radius 2 is 1.85 bits per heavy atom. The van der Waals surface area contributed by atoms with Crippen molar-refractivity contribution in [3.05, 3.63) is 29.4 Å². The van der Waals surface area contributed by atoms with Crippen LogP contribution in [0.5, 0.6) is 0 Å². The molecule has 0 aliphatic rings. The SMILES string of the molecule is O=C(O)CCS(=O)(=O)Nc1nc2ccccc2nc1Cl. The minimum Gasteiger partial charge on any atom is -0.481 e. The zero-order chi connectivity index (χ0) is 14.8. The number of para-hydroxylation sites is 2. The Hall–Kier alpha value is -1.93. The lowest BCUT2D eigenvalue weighted by atomic mass is 10.3. The van der Waals surface area contributed by atoms with Gasteiger partial charge in [0.2, 0.25) is 10.0 Å². The summed E-state index contributed by atoms with van der Waals surface area (Å²) in [6.07, 6.45) is -0.506. The molecule has 0 amide bonds. The summed E-state index contributed by atoms with van der Waals surface area (Å²) >= 11 is 5.86. The maximum Gasteiger partial charge on any atom is 0.304 e. The highest BCUT2D eigenvalue weighted by Gasteiger charge is 2.16. The summed E-state index contributed by atoms with van der Waals surface area (Å²) in [6.45, 7) is 0. The van der Waals surface area contributed by atoms with Crippen LogP contribution in [0.15, 0.2) is 24.3 Å². The van der Waals surface area contributed by atoms with E-state index in [2.05, 4.69) is 14.7 Å². The summed E-state index contributed by atoms with van der Waals surface area (Å²) < 4.78 is 25.5. The van der Waals surface area contributed by atoms with Crippen molar-refractivity contribution in [3.8, 4) is 0 Å². The van der Waals surface area contributed by atoms with Gasteiger partial charge in [-0.3, -0.25) is 9.52 Å². The molecule has 1 aromatic heterocycles. The molecule has 1 heterocycles. The molecule has 0 aliphatic heterocycles. The van der Waals surface area contributed by atoms with Crippen molar-refractivity contribution in [2.45, 2.75) is 6.42 Å². The van der Waals surface area contributed by atoms with Gasteiger partial charge in [-0.2, -0.15) is 0 Å². The number of nitrogens with zero attached hydrogens (tertiary/aromatic N) is 2. The largest absolute Gasteiger partial charge is 0.481 e. The molecule has 0 unspecified atom stereocenters. The average molecular weight is 316 g/mol. The fourth-order valence-corrected chi connectivity index (χ4v) is 2.68. The van der Waals surface area contributed by atoms with Gasteiger partial charge < -0.3 is 5.11 Å². The first-order valence-electron chi connectivity index (χ1n) is 5.52. The number of anilines is 1. The van der Waals surface area contributed by atoms with Crippen molar-refractivity contribution < 1.29 is 18.3 Å². The van der Waals surface area contributed by atoms with Crippen LogP contribution in [0.1, 0.15) is 6.42 Å². The van der Waals surface area contributed by atoms with Crippen LogP contribution in [0.4, 0.5) is 5.82 Å². The number of benzene rings is 1. The standard InChI is InChI=1S/C11H10ClN3O4S/c12-10-11(15-20(18,19)6-5-9(16)17)14-8-4-2-1-3-7(8)13-10/h1-4H,5-6H2,(H,14,15)(H,16,17). The molecular formula is C11H10ClN3O4S. The Bertz CT molecular complexity index is 763. The molecule has 0 atom stereocenters. The Kier molecular flexibility index (Phi) is 4.05. The molecule has 20 heavy (non-hydrogen) atoms. The van der Waals surface area contributed by atoms with Gasteiger partial charge in [0.25, 0.3) is 0 Å². The van der Waals surface area contributed by atoms with Crippen molar-refractivity contribution in [2.24, 2.45) is 0 Å². The van der Waals surface area contributed by atoms with Gasteiger partial charge in [0.05, 0.1) is 23.2 Å². The number of hydrogen-bond acceptors (Lipinski definition) is 5. The van der Waals surface area contributed by atoms with Crippen molar-refractivity contribution in [1.29, 1.82) is 0 Å². The molecule has 0 aliphatic carbocycles. The van der Waals surface area contributed by atoms with E-state index in [1.807, 2.05) is 0 Å². The predicted molar refractivity (Wildman–Crippen MR) is 74.2 cm³/mol. The number of aromatic nitrogens is 2. The molecule has 2 aromatic rings. The van der Waals surface area contributed by atoms with E-state index in [0.717, 1.165) is 0 Å². The summed E-state index contributed by atoms with van der Waals surface area (Å²) in [6, 6.07) is 6.84. The third-order valence-corrected chi connectivity index (χ3v) is 3.87. The van der Waals surface area contributed by atoms with Gasteiger partial charge in [-0.25, -0.2) is 18.4 Å². The Morgan fingerprint density at radius 1 is 1.25 bits per heavy atom. The van der Waals surface area contributed by atoms with Gasteiger partial charge in [0, 0.05) is 0 Å². The number of carboxylic acids is 1. The quantitative estimate of drug-likeness (QED) is 0.865. The van der Waals surface area contributed by atoms with Crippen LogP contribution in [-0.4, -0.2) is 35.2 Å². The van der Waals surface area contributed by atoms with Crippen molar-refractivity contribution in [1.82, 2.24) is 9.97 Å². The second-order valence-corrected chi connectivity index (χ2v) is 6.12. The number of rotatable bonds is 5. The topological polar surface area (TPSA) is 109 Å². The van der Waals surface area contributed by atoms with E-state index in [0.29, 0.717) is 11.0 Å². The van der Waals surface area contributed by atoms with Gasteiger partial charge in [-0.05, 0) is 12.1 Å². The minimum absolute atomic E-state index is 0.0948. The summed E-state index contributed by atoms with van der Waals surface area (Å²) in [7, 11) is -3.84. The molecule has 0 radical (unpaired) electrons. The van der Waals surface area contributed by atoms with Crippen LogP contribution in [0, 0.1) is 0 Å². The molecule has 0 bridgehead atoms. The average Bonchev–Trinajstić information content (AvgIpc) is 2.37. The maximum atomic E-state index is 11.7. The lowest BCUT2D eigenvalue weighted by Crippen LogP contribution is -2.20. The highest BCUT2D eigenvalue weighted by Crippen LogP contribution is 2.21. The monoisotopic (exact) mass is 315 g/mol. The number of hydrogen-bond donors (Lipinski definition) is 2. The van der Waals surface area contributed by atoms with E-state index < -0.39 is 28.2 Å². The molecule has 0 saturated carbocycles. The molecule has 2 rings (SSSR count). The van der Waals surface area contributed by atoms with E-state index in [-0.39, 0.29) is 11.0 Å². The molecule has 1 aromatic carbocycles. The normalized spacial score (nSPS) is 11.4. The van der Waals surface area contributed by atoms with Crippen molar-refractivity contribution >= 4 is 44.4 Å². The van der Waals surface area contributed by atoms with E-state index in [9.17, 15) is 13.2 Å². The zero-order valence-electron chi connectivity index (χ0n) is 10.1. The second-order valence-electron chi connectivity index (χ2n) is 3.92. The van der Waals surface area contributed by atoms with Gasteiger partial charge in [-0.15, -0.1) is 0 Å². The number of carboxylic acid groups (broad SMARTS) is 1. The highest BCUT2D eigenvalue weighted by molar-refractivity contribution is 7.92. The summed E-state index contributed by atoms with van der Waals surface area (Å²) in [5.41, 5.74) is 1.01. The smallest absolute Gasteiger partial charge is 0.304 e. The first kappa shape index (κ1) is 14.5. The van der Waals surface area contributed by atoms with Gasteiger partial charge >= 0.3 is 5.97 Å². The van der Waals surface area contributed by atoms with E-state index in [4.69, 9.17) is 16.7 Å². The first-order valence-corrected chi connectivity index (χ1v) is 7.55. The molecular weight excluding hydrogens is 306 g/mol. The fraction of sp³-hybridized carbons (Fsp3) is 0.182. The van der Waals surface area contributed by atoms with Crippen LogP contribution in [0.2, 0.25) is 5.15 Å². The van der Waals surface area contributed by atoms with Crippen molar-refractivity contribution in [2.75, 3.05) is 10.5 Å². The fourth-order valence-electron chi connectivity index (χ4n) is 1.46. The number of sulfonamides is 1. The Morgan fingerprint density at radius 3 is 2.45 bits per heavy atom. The van der Waals surface area contributed by atoms with E-state index >= 15 is 0 Å².